The number of Topliss-reactive ketones (excluding diaryl/α,β-unsaturated/α-hetero) is 1. The van der Waals surface area contributed by atoms with E-state index >= 15 is 0 Å². The van der Waals surface area contributed by atoms with Crippen LogP contribution < -0.4 is 6.15 Å². The van der Waals surface area contributed by atoms with Crippen LogP contribution in [0.25, 0.3) is 0 Å². The van der Waals surface area contributed by atoms with Gasteiger partial charge in [-0.05, 0) is 6.92 Å². The van der Waals surface area contributed by atoms with Crippen LogP contribution in [0.4, 0.5) is 0 Å². The zero-order valence-corrected chi connectivity index (χ0v) is 4.73. The van der Waals surface area contributed by atoms with Crippen molar-refractivity contribution in [2.75, 3.05) is 13.7 Å². The Morgan fingerprint density at radius 3 is 2.14 bits per heavy atom. The molecule has 3 heteroatoms. The number of rotatable bonds is 2. The van der Waals surface area contributed by atoms with Crippen molar-refractivity contribution in [2.24, 2.45) is 0 Å². The van der Waals surface area contributed by atoms with Crippen molar-refractivity contribution < 1.29 is 9.53 Å². The monoisotopic (exact) mass is 105 g/mol. The summed E-state index contributed by atoms with van der Waals surface area (Å²) in [6, 6.07) is 0. The van der Waals surface area contributed by atoms with Crippen molar-refractivity contribution in [1.82, 2.24) is 6.15 Å². The van der Waals surface area contributed by atoms with Crippen molar-refractivity contribution in [2.45, 2.75) is 6.92 Å². The molecule has 0 radical (unpaired) electrons. The lowest BCUT2D eigenvalue weighted by atomic mass is 10.5. The molecule has 0 aromatic carbocycles. The Kier molecular flexibility index (Phi) is 7.81. The molecule has 0 saturated heterocycles. The van der Waals surface area contributed by atoms with Crippen molar-refractivity contribution >= 4 is 5.78 Å². The van der Waals surface area contributed by atoms with E-state index in [2.05, 4.69) is 4.74 Å². The molecule has 0 bridgehead atoms. The van der Waals surface area contributed by atoms with E-state index in [1.807, 2.05) is 0 Å². The maximum atomic E-state index is 9.92. The second-order valence-electron chi connectivity index (χ2n) is 1.14. The highest BCUT2D eigenvalue weighted by Crippen LogP contribution is 1.65. The molecule has 0 spiro atoms. The highest BCUT2D eigenvalue weighted by atomic mass is 16.5. The van der Waals surface area contributed by atoms with E-state index in [9.17, 15) is 4.79 Å². The summed E-state index contributed by atoms with van der Waals surface area (Å²) in [4.78, 5) is 9.92. The third kappa shape index (κ3) is 10.7. The van der Waals surface area contributed by atoms with Crippen LogP contribution in [0.5, 0.6) is 0 Å². The quantitative estimate of drug-likeness (QED) is 0.552. The van der Waals surface area contributed by atoms with E-state index in [1.54, 1.807) is 0 Å². The number of methoxy groups -OCH3 is 1. The Hall–Kier alpha value is -0.410. The van der Waals surface area contributed by atoms with Gasteiger partial charge in [0.05, 0.1) is 0 Å². The minimum Gasteiger partial charge on any atom is -0.377 e. The summed E-state index contributed by atoms with van der Waals surface area (Å²) in [6.07, 6.45) is 0. The Bertz CT molecular complexity index is 53.7. The van der Waals surface area contributed by atoms with Crippen molar-refractivity contribution in [1.29, 1.82) is 0 Å². The summed E-state index contributed by atoms with van der Waals surface area (Å²) in [5, 5.41) is 0. The number of ether oxygens (including phenoxy) is 1. The summed E-state index contributed by atoms with van der Waals surface area (Å²) >= 11 is 0. The molecule has 3 nitrogen and oxygen atoms in total. The summed E-state index contributed by atoms with van der Waals surface area (Å²) < 4.78 is 4.45. The Balaban J connectivity index is 0. The average Bonchev–Trinajstić information content (AvgIpc) is 1.35. The normalized spacial score (nSPS) is 7.14. The lowest BCUT2D eigenvalue weighted by Gasteiger charge is -1.84. The third-order valence-corrected chi connectivity index (χ3v) is 0.348. The molecule has 44 valence electrons. The van der Waals surface area contributed by atoms with Gasteiger partial charge in [-0.15, -0.1) is 0 Å². The Morgan fingerprint density at radius 2 is 2.14 bits per heavy atom. The van der Waals surface area contributed by atoms with E-state index < -0.39 is 0 Å². The highest BCUT2D eigenvalue weighted by Gasteiger charge is 1.83. The largest absolute Gasteiger partial charge is 0.377 e. The zero-order valence-electron chi connectivity index (χ0n) is 4.73. The van der Waals surface area contributed by atoms with Gasteiger partial charge in [0.25, 0.3) is 0 Å². The fourth-order valence-corrected chi connectivity index (χ4v) is 0.203. The second kappa shape index (κ2) is 5.59. The van der Waals surface area contributed by atoms with Crippen LogP contribution in [-0.4, -0.2) is 19.5 Å². The minimum absolute atomic E-state index is 0. The summed E-state index contributed by atoms with van der Waals surface area (Å²) in [5.74, 6) is 0.0671. The maximum absolute atomic E-state index is 9.92. The highest BCUT2D eigenvalue weighted by molar-refractivity contribution is 5.76. The van der Waals surface area contributed by atoms with Gasteiger partial charge in [0.15, 0.2) is 5.78 Å². The number of ketones is 1. The maximum Gasteiger partial charge on any atom is 0.155 e. The topological polar surface area (TPSA) is 61.3 Å². The van der Waals surface area contributed by atoms with E-state index in [0.717, 1.165) is 0 Å². The average molecular weight is 105 g/mol. The molecule has 0 heterocycles. The van der Waals surface area contributed by atoms with E-state index in [4.69, 9.17) is 0 Å². The van der Waals surface area contributed by atoms with E-state index in [1.165, 1.54) is 14.0 Å². The molecule has 3 N–H and O–H groups in total. The molecule has 0 aromatic heterocycles. The third-order valence-electron chi connectivity index (χ3n) is 0.348. The van der Waals surface area contributed by atoms with Crippen molar-refractivity contribution in [3.05, 3.63) is 0 Å². The molecule has 0 aliphatic carbocycles. The number of hydrogen-bond acceptors (Lipinski definition) is 3. The summed E-state index contributed by atoms with van der Waals surface area (Å²) in [5.41, 5.74) is 0. The van der Waals surface area contributed by atoms with Gasteiger partial charge in [0, 0.05) is 7.11 Å². The molecule has 0 fully saturated rings. The van der Waals surface area contributed by atoms with Gasteiger partial charge in [-0.2, -0.15) is 0 Å². The van der Waals surface area contributed by atoms with Gasteiger partial charge in [0.2, 0.25) is 0 Å². The molecule has 0 aromatic rings. The SMILES string of the molecule is COCC(C)=O.N. The predicted molar refractivity (Wildman–Crippen MR) is 27.6 cm³/mol. The molecule has 0 amide bonds. The number of carbonyl (C=O) groups is 1. The zero-order chi connectivity index (χ0) is 4.99. The van der Waals surface area contributed by atoms with E-state index in [-0.39, 0.29) is 18.5 Å². The lowest BCUT2D eigenvalue weighted by Crippen LogP contribution is -1.98. The van der Waals surface area contributed by atoms with Crippen LogP contribution in [0.15, 0.2) is 0 Å². The van der Waals surface area contributed by atoms with Crippen LogP contribution in [0, 0.1) is 0 Å². The molecule has 0 unspecified atom stereocenters. The van der Waals surface area contributed by atoms with Gasteiger partial charge in [-0.1, -0.05) is 0 Å². The fraction of sp³-hybridized carbons (Fsp3) is 0.750. The summed E-state index contributed by atoms with van der Waals surface area (Å²) in [7, 11) is 1.50. The summed E-state index contributed by atoms with van der Waals surface area (Å²) in [6.45, 7) is 1.73. The molecular weight excluding hydrogens is 94.0 g/mol. The second-order valence-corrected chi connectivity index (χ2v) is 1.14. The fourth-order valence-electron chi connectivity index (χ4n) is 0.203. The molecule has 0 saturated carbocycles. The molecular formula is C4H11NO2. The van der Waals surface area contributed by atoms with Crippen LogP contribution in [0.3, 0.4) is 0 Å². The standard InChI is InChI=1S/C4H8O2.H3N/c1-4(5)3-6-2;/h3H2,1-2H3;1H3. The van der Waals surface area contributed by atoms with E-state index in [0.29, 0.717) is 0 Å². The number of carbonyl (C=O) groups excluding carboxylic acids is 1. The van der Waals surface area contributed by atoms with Gasteiger partial charge >= 0.3 is 0 Å². The van der Waals surface area contributed by atoms with Crippen molar-refractivity contribution in [3.8, 4) is 0 Å². The minimum atomic E-state index is 0. The van der Waals surface area contributed by atoms with Gasteiger partial charge in [-0.3, -0.25) is 4.79 Å². The Labute approximate surface area is 43.2 Å². The molecule has 0 atom stereocenters. The van der Waals surface area contributed by atoms with Crippen LogP contribution in [-0.2, 0) is 9.53 Å². The molecule has 0 aliphatic rings. The smallest absolute Gasteiger partial charge is 0.155 e. The van der Waals surface area contributed by atoms with Crippen LogP contribution in [0.1, 0.15) is 6.92 Å². The lowest BCUT2D eigenvalue weighted by molar-refractivity contribution is -0.120. The molecule has 0 rings (SSSR count). The molecule has 0 aliphatic heterocycles. The van der Waals surface area contributed by atoms with Gasteiger partial charge < -0.3 is 10.9 Å². The van der Waals surface area contributed by atoms with Crippen molar-refractivity contribution in [3.63, 3.8) is 0 Å². The predicted octanol–water partition coefficient (Wildman–Crippen LogP) is 0.384. The first-order valence-electron chi connectivity index (χ1n) is 1.75. The first-order chi connectivity index (χ1) is 2.77. The number of hydrogen-bond donors (Lipinski definition) is 1. The first-order valence-corrected chi connectivity index (χ1v) is 1.75. The Morgan fingerprint density at radius 1 is 1.71 bits per heavy atom. The van der Waals surface area contributed by atoms with Crippen LogP contribution >= 0.6 is 0 Å². The molecule has 7 heavy (non-hydrogen) atoms. The van der Waals surface area contributed by atoms with Gasteiger partial charge in [0.1, 0.15) is 6.61 Å². The van der Waals surface area contributed by atoms with Gasteiger partial charge in [-0.25, -0.2) is 0 Å². The first kappa shape index (κ1) is 9.77. The van der Waals surface area contributed by atoms with Crippen LogP contribution in [0.2, 0.25) is 0 Å².